The van der Waals surface area contributed by atoms with E-state index in [1.165, 1.54) is 23.2 Å². The largest absolute Gasteiger partial charge is 0.371 e. The first-order valence-corrected chi connectivity index (χ1v) is 5.85. The third-order valence-corrected chi connectivity index (χ3v) is 3.37. The second-order valence-corrected chi connectivity index (χ2v) is 4.67. The smallest absolute Gasteiger partial charge is 0.0724 e. The minimum absolute atomic E-state index is 0.573. The Kier molecular flexibility index (Phi) is 3.46. The maximum atomic E-state index is 5.13. The molecular weight excluding hydrogens is 200 g/mol. The molecule has 1 aliphatic heterocycles. The molecule has 1 unspecified atom stereocenters. The van der Waals surface area contributed by atoms with E-state index in [1.54, 1.807) is 0 Å². The second-order valence-electron chi connectivity index (χ2n) is 4.67. The lowest BCUT2D eigenvalue weighted by molar-refractivity contribution is 0.108. The first kappa shape index (κ1) is 11.4. The normalized spacial score (nSPS) is 20.4. The van der Waals surface area contributed by atoms with Crippen LogP contribution >= 0.6 is 0 Å². The van der Waals surface area contributed by atoms with Gasteiger partial charge in [-0.15, -0.1) is 0 Å². The van der Waals surface area contributed by atoms with Crippen molar-refractivity contribution in [2.24, 2.45) is 11.8 Å². The Balaban J connectivity index is 2.14. The molecule has 1 heterocycles. The third-order valence-electron chi connectivity index (χ3n) is 3.37. The molecule has 2 N–H and O–H groups in total. The van der Waals surface area contributed by atoms with Crippen LogP contribution in [0.25, 0.3) is 0 Å². The average Bonchev–Trinajstić information content (AvgIpc) is 2.67. The van der Waals surface area contributed by atoms with E-state index in [0.717, 1.165) is 13.1 Å². The number of nitrogens with zero attached hydrogens (tertiary/aromatic N) is 1. The third kappa shape index (κ3) is 2.20. The quantitative estimate of drug-likeness (QED) is 0.792. The molecule has 1 aromatic carbocycles. The second kappa shape index (κ2) is 4.85. The van der Waals surface area contributed by atoms with Crippen molar-refractivity contribution in [2.75, 3.05) is 24.6 Å². The molecule has 0 bridgehead atoms. The van der Waals surface area contributed by atoms with Crippen LogP contribution in [0.2, 0.25) is 0 Å². The summed E-state index contributed by atoms with van der Waals surface area (Å²) in [5.74, 6) is 5.71. The van der Waals surface area contributed by atoms with Gasteiger partial charge in [-0.1, -0.05) is 18.2 Å². The summed E-state index contributed by atoms with van der Waals surface area (Å²) >= 11 is 0. The molecular formula is C13H20N2O. The van der Waals surface area contributed by atoms with Crippen LogP contribution in [0, 0.1) is 19.8 Å². The molecule has 0 amide bonds. The van der Waals surface area contributed by atoms with E-state index in [2.05, 4.69) is 36.9 Å². The van der Waals surface area contributed by atoms with Crippen LogP contribution in [0.1, 0.15) is 17.5 Å². The first-order chi connectivity index (χ1) is 7.72. The van der Waals surface area contributed by atoms with Crippen molar-refractivity contribution >= 4 is 5.69 Å². The molecule has 3 nitrogen and oxygen atoms in total. The van der Waals surface area contributed by atoms with Gasteiger partial charge in [0.15, 0.2) is 0 Å². The van der Waals surface area contributed by atoms with E-state index in [0.29, 0.717) is 12.5 Å². The predicted octanol–water partition coefficient (Wildman–Crippen LogP) is 2.02. The lowest BCUT2D eigenvalue weighted by atomic mass is 10.1. The van der Waals surface area contributed by atoms with Gasteiger partial charge in [0, 0.05) is 24.7 Å². The standard InChI is InChI=1S/C13H20N2O/c1-10-4-3-5-11(2)13(10)15-7-6-12(8-15)9-16-14/h3-5,12H,6-9,14H2,1-2H3. The summed E-state index contributed by atoms with van der Waals surface area (Å²) in [6, 6.07) is 6.47. The van der Waals surface area contributed by atoms with Gasteiger partial charge in [0.1, 0.15) is 0 Å². The van der Waals surface area contributed by atoms with E-state index in [-0.39, 0.29) is 0 Å². The molecule has 0 aliphatic carbocycles. The molecule has 0 radical (unpaired) electrons. The Bertz CT molecular complexity index is 345. The molecule has 88 valence electrons. The Morgan fingerprint density at radius 1 is 1.38 bits per heavy atom. The highest BCUT2D eigenvalue weighted by molar-refractivity contribution is 5.59. The summed E-state index contributed by atoms with van der Waals surface area (Å²) in [5.41, 5.74) is 4.10. The summed E-state index contributed by atoms with van der Waals surface area (Å²) in [7, 11) is 0. The summed E-state index contributed by atoms with van der Waals surface area (Å²) in [6.45, 7) is 7.19. The number of rotatable bonds is 3. The van der Waals surface area contributed by atoms with Gasteiger partial charge < -0.3 is 9.74 Å². The molecule has 1 saturated heterocycles. The summed E-state index contributed by atoms with van der Waals surface area (Å²) < 4.78 is 0. The topological polar surface area (TPSA) is 38.5 Å². The molecule has 0 saturated carbocycles. The maximum Gasteiger partial charge on any atom is 0.0724 e. The van der Waals surface area contributed by atoms with E-state index < -0.39 is 0 Å². The molecule has 1 atom stereocenters. The highest BCUT2D eigenvalue weighted by Crippen LogP contribution is 2.29. The number of para-hydroxylation sites is 1. The number of hydrogen-bond acceptors (Lipinski definition) is 3. The van der Waals surface area contributed by atoms with E-state index in [1.807, 2.05) is 0 Å². The van der Waals surface area contributed by atoms with Crippen molar-refractivity contribution in [3.8, 4) is 0 Å². The van der Waals surface area contributed by atoms with Crippen molar-refractivity contribution in [1.82, 2.24) is 0 Å². The van der Waals surface area contributed by atoms with Crippen LogP contribution in [-0.4, -0.2) is 19.7 Å². The van der Waals surface area contributed by atoms with Crippen molar-refractivity contribution in [2.45, 2.75) is 20.3 Å². The molecule has 0 aromatic heterocycles. The van der Waals surface area contributed by atoms with Crippen molar-refractivity contribution < 1.29 is 4.84 Å². The monoisotopic (exact) mass is 220 g/mol. The van der Waals surface area contributed by atoms with Crippen LogP contribution < -0.4 is 10.8 Å². The van der Waals surface area contributed by atoms with E-state index >= 15 is 0 Å². The van der Waals surface area contributed by atoms with Gasteiger partial charge in [0.25, 0.3) is 0 Å². The summed E-state index contributed by atoms with van der Waals surface area (Å²) in [4.78, 5) is 7.20. The zero-order chi connectivity index (χ0) is 11.5. The minimum atomic E-state index is 0.573. The Morgan fingerprint density at radius 3 is 2.69 bits per heavy atom. The molecule has 3 heteroatoms. The van der Waals surface area contributed by atoms with Gasteiger partial charge >= 0.3 is 0 Å². The maximum absolute atomic E-state index is 5.13. The Hall–Kier alpha value is -1.06. The minimum Gasteiger partial charge on any atom is -0.371 e. The Morgan fingerprint density at radius 2 is 2.06 bits per heavy atom. The molecule has 1 aliphatic rings. The van der Waals surface area contributed by atoms with Crippen LogP contribution in [-0.2, 0) is 4.84 Å². The fraction of sp³-hybridized carbons (Fsp3) is 0.538. The summed E-state index contributed by atoms with van der Waals surface area (Å²) in [6.07, 6.45) is 1.17. The number of anilines is 1. The van der Waals surface area contributed by atoms with Crippen molar-refractivity contribution in [3.63, 3.8) is 0 Å². The molecule has 1 aromatic rings. The highest BCUT2D eigenvalue weighted by Gasteiger charge is 2.24. The van der Waals surface area contributed by atoms with Crippen LogP contribution in [0.15, 0.2) is 18.2 Å². The fourth-order valence-electron chi connectivity index (χ4n) is 2.61. The SMILES string of the molecule is Cc1cccc(C)c1N1CCC(CON)C1. The molecule has 16 heavy (non-hydrogen) atoms. The van der Waals surface area contributed by atoms with Gasteiger partial charge in [-0.25, -0.2) is 5.90 Å². The summed E-state index contributed by atoms with van der Waals surface area (Å²) in [5, 5.41) is 0. The molecule has 1 fully saturated rings. The number of benzene rings is 1. The first-order valence-electron chi connectivity index (χ1n) is 5.85. The molecule has 2 rings (SSSR count). The van der Waals surface area contributed by atoms with Gasteiger partial charge in [-0.05, 0) is 31.4 Å². The zero-order valence-electron chi connectivity index (χ0n) is 10.1. The number of aryl methyl sites for hydroxylation is 2. The fourth-order valence-corrected chi connectivity index (χ4v) is 2.61. The van der Waals surface area contributed by atoms with Gasteiger partial charge in [0.05, 0.1) is 6.61 Å². The van der Waals surface area contributed by atoms with Crippen LogP contribution in [0.4, 0.5) is 5.69 Å². The predicted molar refractivity (Wildman–Crippen MR) is 66.4 cm³/mol. The van der Waals surface area contributed by atoms with Gasteiger partial charge in [-0.3, -0.25) is 0 Å². The van der Waals surface area contributed by atoms with Crippen molar-refractivity contribution in [1.29, 1.82) is 0 Å². The lowest BCUT2D eigenvalue weighted by Gasteiger charge is -2.23. The lowest BCUT2D eigenvalue weighted by Crippen LogP contribution is -2.23. The van der Waals surface area contributed by atoms with Crippen molar-refractivity contribution in [3.05, 3.63) is 29.3 Å². The van der Waals surface area contributed by atoms with E-state index in [4.69, 9.17) is 10.7 Å². The van der Waals surface area contributed by atoms with Gasteiger partial charge in [-0.2, -0.15) is 0 Å². The Labute approximate surface area is 97.1 Å². The van der Waals surface area contributed by atoms with Gasteiger partial charge in [0.2, 0.25) is 0 Å². The highest BCUT2D eigenvalue weighted by atomic mass is 16.6. The molecule has 0 spiro atoms. The van der Waals surface area contributed by atoms with E-state index in [9.17, 15) is 0 Å². The average molecular weight is 220 g/mol. The number of hydrogen-bond donors (Lipinski definition) is 1. The zero-order valence-corrected chi connectivity index (χ0v) is 10.1. The number of nitrogens with two attached hydrogens (primary N) is 1. The van der Waals surface area contributed by atoms with Crippen LogP contribution in [0.3, 0.4) is 0 Å². The van der Waals surface area contributed by atoms with Crippen LogP contribution in [0.5, 0.6) is 0 Å².